The number of fused-ring (bicyclic) bond motifs is 1. The molecule has 0 fully saturated rings. The Morgan fingerprint density at radius 3 is 2.58 bits per heavy atom. The maximum absolute atomic E-state index is 12.7. The lowest BCUT2D eigenvalue weighted by atomic mass is 10.0. The Hall–Kier alpha value is -3.28. The minimum absolute atomic E-state index is 0.162. The molecule has 0 saturated carbocycles. The number of Topliss-reactive ketones (excluding diaryl/α,β-unsaturated/α-hetero) is 1. The molecule has 0 aromatic heterocycles. The molecular weight excluding hydrogens is 336 g/mol. The highest BCUT2D eigenvalue weighted by molar-refractivity contribution is 6.15. The fourth-order valence-corrected chi connectivity index (χ4v) is 2.87. The van der Waals surface area contributed by atoms with Gasteiger partial charge in [-0.15, -0.1) is 0 Å². The van der Waals surface area contributed by atoms with Crippen LogP contribution in [0.15, 0.2) is 36.1 Å². The van der Waals surface area contributed by atoms with Gasteiger partial charge in [0.2, 0.25) is 5.78 Å². The Bertz CT molecular complexity index is 926. The van der Waals surface area contributed by atoms with E-state index in [4.69, 9.17) is 18.9 Å². The summed E-state index contributed by atoms with van der Waals surface area (Å²) in [6.07, 6.45) is 1.61. The van der Waals surface area contributed by atoms with Crippen molar-refractivity contribution in [2.75, 3.05) is 14.2 Å². The lowest BCUT2D eigenvalue weighted by Crippen LogP contribution is -2.02. The molecule has 6 heteroatoms. The van der Waals surface area contributed by atoms with Gasteiger partial charge in [0, 0.05) is 18.6 Å². The van der Waals surface area contributed by atoms with Crippen molar-refractivity contribution >= 4 is 17.8 Å². The molecule has 2 aromatic carbocycles. The third kappa shape index (κ3) is 3.13. The zero-order valence-electron chi connectivity index (χ0n) is 14.9. The number of allylic oxidation sites excluding steroid dienone is 1. The number of hydrogen-bond donors (Lipinski definition) is 0. The number of ether oxygens (including phenoxy) is 4. The summed E-state index contributed by atoms with van der Waals surface area (Å²) in [5.74, 6) is 1.24. The third-order valence-electron chi connectivity index (χ3n) is 3.93. The lowest BCUT2D eigenvalue weighted by Gasteiger charge is -2.10. The average Bonchev–Trinajstić information content (AvgIpc) is 2.90. The molecule has 3 rings (SSSR count). The molecule has 0 unspecified atom stereocenters. The second kappa shape index (κ2) is 6.92. The van der Waals surface area contributed by atoms with Gasteiger partial charge in [-0.05, 0) is 30.7 Å². The van der Waals surface area contributed by atoms with Crippen LogP contribution in [0.3, 0.4) is 0 Å². The molecule has 6 nitrogen and oxygen atoms in total. The maximum Gasteiger partial charge on any atom is 0.308 e. The van der Waals surface area contributed by atoms with Gasteiger partial charge in [-0.25, -0.2) is 0 Å². The first-order valence-electron chi connectivity index (χ1n) is 7.93. The molecule has 134 valence electrons. The molecule has 0 radical (unpaired) electrons. The van der Waals surface area contributed by atoms with E-state index in [2.05, 4.69) is 0 Å². The largest absolute Gasteiger partial charge is 0.493 e. The van der Waals surface area contributed by atoms with Gasteiger partial charge in [-0.1, -0.05) is 12.1 Å². The monoisotopic (exact) mass is 354 g/mol. The number of carbonyl (C=O) groups is 2. The van der Waals surface area contributed by atoms with E-state index in [1.54, 1.807) is 44.4 Å². The Morgan fingerprint density at radius 1 is 1.15 bits per heavy atom. The van der Waals surface area contributed by atoms with Crippen LogP contribution in [0.5, 0.6) is 23.0 Å². The van der Waals surface area contributed by atoms with Gasteiger partial charge >= 0.3 is 5.97 Å². The zero-order chi connectivity index (χ0) is 18.8. The van der Waals surface area contributed by atoms with Gasteiger partial charge < -0.3 is 18.9 Å². The first kappa shape index (κ1) is 17.5. The molecule has 1 heterocycles. The van der Waals surface area contributed by atoms with Crippen molar-refractivity contribution in [2.24, 2.45) is 0 Å². The van der Waals surface area contributed by atoms with Crippen LogP contribution in [-0.4, -0.2) is 26.0 Å². The number of benzene rings is 2. The van der Waals surface area contributed by atoms with Gasteiger partial charge in [0.25, 0.3) is 0 Å². The van der Waals surface area contributed by atoms with Crippen LogP contribution >= 0.6 is 0 Å². The van der Waals surface area contributed by atoms with Gasteiger partial charge in [0.15, 0.2) is 17.3 Å². The average molecular weight is 354 g/mol. The molecule has 26 heavy (non-hydrogen) atoms. The predicted molar refractivity (Wildman–Crippen MR) is 95.0 cm³/mol. The van der Waals surface area contributed by atoms with Crippen molar-refractivity contribution in [1.82, 2.24) is 0 Å². The molecule has 0 aliphatic carbocycles. The first-order valence-corrected chi connectivity index (χ1v) is 7.93. The molecule has 0 amide bonds. The van der Waals surface area contributed by atoms with E-state index in [1.807, 2.05) is 0 Å². The minimum atomic E-state index is -0.439. The molecule has 0 saturated heterocycles. The van der Waals surface area contributed by atoms with E-state index >= 15 is 0 Å². The highest BCUT2D eigenvalue weighted by atomic mass is 16.5. The van der Waals surface area contributed by atoms with Crippen molar-refractivity contribution in [3.8, 4) is 23.0 Å². The number of aryl methyl sites for hydroxylation is 1. The molecule has 1 aliphatic heterocycles. The van der Waals surface area contributed by atoms with E-state index in [0.29, 0.717) is 39.7 Å². The van der Waals surface area contributed by atoms with E-state index in [-0.39, 0.29) is 11.5 Å². The molecule has 0 bridgehead atoms. The Morgan fingerprint density at radius 2 is 1.92 bits per heavy atom. The Balaban J connectivity index is 2.02. The molecule has 0 atom stereocenters. The molecule has 2 aromatic rings. The number of ketones is 1. The van der Waals surface area contributed by atoms with Crippen molar-refractivity contribution in [1.29, 1.82) is 0 Å². The third-order valence-corrected chi connectivity index (χ3v) is 3.93. The summed E-state index contributed by atoms with van der Waals surface area (Å²) in [6, 6.07) is 8.53. The van der Waals surface area contributed by atoms with Gasteiger partial charge in [-0.2, -0.15) is 0 Å². The minimum Gasteiger partial charge on any atom is -0.493 e. The van der Waals surface area contributed by atoms with Crippen molar-refractivity contribution in [3.05, 3.63) is 52.8 Å². The first-order chi connectivity index (χ1) is 12.4. The van der Waals surface area contributed by atoms with Crippen LogP contribution < -0.4 is 18.9 Å². The molecule has 1 aliphatic rings. The SMILES string of the molecule is COc1cccc(/C=C2\Oc3cc(OC(C)=O)cc(C)c3C2=O)c1OC. The Kier molecular flexibility index (Phi) is 4.67. The van der Waals surface area contributed by atoms with Crippen molar-refractivity contribution in [3.63, 3.8) is 0 Å². The smallest absolute Gasteiger partial charge is 0.308 e. The summed E-state index contributed by atoms with van der Waals surface area (Å²) >= 11 is 0. The molecule has 0 spiro atoms. The summed E-state index contributed by atoms with van der Waals surface area (Å²) in [6.45, 7) is 3.08. The quantitative estimate of drug-likeness (QED) is 0.475. The number of para-hydroxylation sites is 1. The van der Waals surface area contributed by atoms with Crippen LogP contribution in [-0.2, 0) is 4.79 Å². The summed E-state index contributed by atoms with van der Waals surface area (Å²) < 4.78 is 21.5. The van der Waals surface area contributed by atoms with Crippen LogP contribution in [0.4, 0.5) is 0 Å². The highest BCUT2D eigenvalue weighted by Crippen LogP contribution is 2.39. The molecular formula is C20H18O6. The van der Waals surface area contributed by atoms with Crippen molar-refractivity contribution in [2.45, 2.75) is 13.8 Å². The van der Waals surface area contributed by atoms with Gasteiger partial charge in [-0.3, -0.25) is 9.59 Å². The molecule has 0 N–H and O–H groups in total. The van der Waals surface area contributed by atoms with E-state index in [0.717, 1.165) is 0 Å². The Labute approximate surface area is 150 Å². The lowest BCUT2D eigenvalue weighted by molar-refractivity contribution is -0.131. The van der Waals surface area contributed by atoms with Crippen LogP contribution in [0.2, 0.25) is 0 Å². The highest BCUT2D eigenvalue weighted by Gasteiger charge is 2.30. The second-order valence-corrected chi connectivity index (χ2v) is 5.73. The van der Waals surface area contributed by atoms with Crippen LogP contribution in [0.25, 0.3) is 6.08 Å². The summed E-state index contributed by atoms with van der Waals surface area (Å²) in [5.41, 5.74) is 1.78. The van der Waals surface area contributed by atoms with E-state index < -0.39 is 5.97 Å². The summed E-state index contributed by atoms with van der Waals surface area (Å²) in [5, 5.41) is 0. The number of methoxy groups -OCH3 is 2. The van der Waals surface area contributed by atoms with Gasteiger partial charge in [0.1, 0.15) is 11.5 Å². The van der Waals surface area contributed by atoms with Crippen LogP contribution in [0, 0.1) is 6.92 Å². The summed E-state index contributed by atoms with van der Waals surface area (Å²) in [7, 11) is 3.07. The van der Waals surface area contributed by atoms with Crippen LogP contribution in [0.1, 0.15) is 28.4 Å². The number of esters is 1. The standard InChI is InChI=1S/C20H18O6/c1-11-8-14(25-12(2)21)10-16-18(11)19(22)17(26-16)9-13-6-5-7-15(23-3)20(13)24-4/h5-10H,1-4H3/b17-9-. The van der Waals surface area contributed by atoms with E-state index in [1.165, 1.54) is 20.1 Å². The van der Waals surface area contributed by atoms with Crippen molar-refractivity contribution < 1.29 is 28.5 Å². The summed E-state index contributed by atoms with van der Waals surface area (Å²) in [4.78, 5) is 23.9. The predicted octanol–water partition coefficient (Wildman–Crippen LogP) is 3.55. The fourth-order valence-electron chi connectivity index (χ4n) is 2.87. The maximum atomic E-state index is 12.7. The zero-order valence-corrected chi connectivity index (χ0v) is 14.9. The number of rotatable bonds is 4. The second-order valence-electron chi connectivity index (χ2n) is 5.73. The van der Waals surface area contributed by atoms with E-state index in [9.17, 15) is 9.59 Å². The normalized spacial score (nSPS) is 14.0. The van der Waals surface area contributed by atoms with Gasteiger partial charge in [0.05, 0.1) is 19.8 Å². The topological polar surface area (TPSA) is 71.1 Å². The number of hydrogen-bond acceptors (Lipinski definition) is 6. The number of carbonyl (C=O) groups excluding carboxylic acids is 2. The fraction of sp³-hybridized carbons (Fsp3) is 0.200.